The number of ether oxygens (including phenoxy) is 1. The lowest BCUT2D eigenvalue weighted by molar-refractivity contribution is -0.135. The van der Waals surface area contributed by atoms with E-state index in [1.54, 1.807) is 51.9 Å². The van der Waals surface area contributed by atoms with Gasteiger partial charge < -0.3 is 4.74 Å². The van der Waals surface area contributed by atoms with E-state index in [2.05, 4.69) is 5.10 Å². The molecule has 3 aromatic rings. The van der Waals surface area contributed by atoms with Gasteiger partial charge in [0.25, 0.3) is 5.91 Å². The van der Waals surface area contributed by atoms with Crippen molar-refractivity contribution in [2.75, 3.05) is 6.61 Å². The topological polar surface area (TPSA) is 59.0 Å². The number of benzene rings is 1. The molecule has 0 aliphatic carbocycles. The molecule has 1 amide bonds. The Balaban J connectivity index is 1.47. The number of nitrogens with zero attached hydrogens (tertiary/aromatic N) is 2. The minimum atomic E-state index is -0.191. The summed E-state index contributed by atoms with van der Waals surface area (Å²) < 4.78 is 5.67. The highest BCUT2D eigenvalue weighted by molar-refractivity contribution is 7.12. The second-order valence-corrected chi connectivity index (χ2v) is 8.51. The molecular formula is C22H20N2O3S2. The predicted molar refractivity (Wildman–Crippen MR) is 116 cm³/mol. The number of ketones is 1. The Morgan fingerprint density at radius 3 is 2.52 bits per heavy atom. The third-order valence-electron chi connectivity index (χ3n) is 4.70. The number of hydrogen-bond donors (Lipinski definition) is 0. The van der Waals surface area contributed by atoms with Crippen molar-refractivity contribution in [2.24, 2.45) is 5.10 Å². The molecule has 4 rings (SSSR count). The Morgan fingerprint density at radius 1 is 1.10 bits per heavy atom. The maximum Gasteiger partial charge on any atom is 0.281 e. The van der Waals surface area contributed by atoms with Crippen LogP contribution < -0.4 is 4.74 Å². The van der Waals surface area contributed by atoms with Gasteiger partial charge in [-0.25, -0.2) is 5.01 Å². The Morgan fingerprint density at radius 2 is 1.86 bits per heavy atom. The number of hydrogen-bond acceptors (Lipinski definition) is 6. The Bertz CT molecular complexity index is 1010. The van der Waals surface area contributed by atoms with Gasteiger partial charge in [-0.15, -0.1) is 22.7 Å². The fourth-order valence-electron chi connectivity index (χ4n) is 3.19. The second kappa shape index (κ2) is 8.71. The lowest BCUT2D eigenvalue weighted by atomic mass is 10.1. The zero-order valence-electron chi connectivity index (χ0n) is 15.9. The lowest BCUT2D eigenvalue weighted by Gasteiger charge is -2.20. The molecule has 0 saturated heterocycles. The van der Waals surface area contributed by atoms with Gasteiger partial charge in [-0.2, -0.15) is 5.10 Å². The maximum absolute atomic E-state index is 12.9. The summed E-state index contributed by atoms with van der Waals surface area (Å²) in [5.74, 6) is 0.447. The van der Waals surface area contributed by atoms with Crippen LogP contribution >= 0.6 is 22.7 Å². The van der Waals surface area contributed by atoms with Crippen LogP contribution in [0, 0.1) is 0 Å². The molecule has 0 saturated carbocycles. The van der Waals surface area contributed by atoms with Crippen molar-refractivity contribution in [3.8, 4) is 5.75 Å². The van der Waals surface area contributed by atoms with Crippen LogP contribution in [-0.2, 0) is 4.79 Å². The molecule has 0 unspecified atom stereocenters. The summed E-state index contributed by atoms with van der Waals surface area (Å²) in [5.41, 5.74) is 1.57. The van der Waals surface area contributed by atoms with Crippen molar-refractivity contribution >= 4 is 40.1 Å². The molecule has 0 radical (unpaired) electrons. The van der Waals surface area contributed by atoms with Crippen molar-refractivity contribution < 1.29 is 14.3 Å². The van der Waals surface area contributed by atoms with Crippen molar-refractivity contribution in [1.82, 2.24) is 5.01 Å². The Kier molecular flexibility index (Phi) is 5.87. The summed E-state index contributed by atoms with van der Waals surface area (Å²) in [7, 11) is 0. The molecule has 148 valence electrons. The van der Waals surface area contributed by atoms with Gasteiger partial charge in [-0.1, -0.05) is 19.1 Å². The molecule has 1 aromatic carbocycles. The first-order chi connectivity index (χ1) is 14.2. The second-order valence-electron chi connectivity index (χ2n) is 6.59. The number of rotatable bonds is 7. The lowest BCUT2D eigenvalue weighted by Crippen LogP contribution is -2.31. The van der Waals surface area contributed by atoms with E-state index in [1.165, 1.54) is 0 Å². The van der Waals surface area contributed by atoms with E-state index in [1.807, 2.05) is 41.9 Å². The zero-order valence-corrected chi connectivity index (χ0v) is 17.5. The molecule has 3 heterocycles. The van der Waals surface area contributed by atoms with E-state index < -0.39 is 0 Å². The van der Waals surface area contributed by atoms with Gasteiger partial charge in [-0.05, 0) is 47.2 Å². The average Bonchev–Trinajstić information content (AvgIpc) is 3.51. The first-order valence-electron chi connectivity index (χ1n) is 9.38. The summed E-state index contributed by atoms with van der Waals surface area (Å²) in [6.07, 6.45) is 1.16. The summed E-state index contributed by atoms with van der Waals surface area (Å²) in [6, 6.07) is 14.8. The molecule has 0 N–H and O–H groups in total. The van der Waals surface area contributed by atoms with E-state index in [0.717, 1.165) is 15.5 Å². The van der Waals surface area contributed by atoms with E-state index >= 15 is 0 Å². The Labute approximate surface area is 177 Å². The van der Waals surface area contributed by atoms with Crippen molar-refractivity contribution in [3.05, 3.63) is 74.6 Å². The van der Waals surface area contributed by atoms with Crippen LogP contribution in [0.25, 0.3) is 0 Å². The van der Waals surface area contributed by atoms with Crippen LogP contribution in [0.1, 0.15) is 45.9 Å². The van der Waals surface area contributed by atoms with Gasteiger partial charge >= 0.3 is 0 Å². The number of carbonyl (C=O) groups is 2. The van der Waals surface area contributed by atoms with Gasteiger partial charge in [0.1, 0.15) is 5.75 Å². The highest BCUT2D eigenvalue weighted by Gasteiger charge is 2.34. The average molecular weight is 425 g/mol. The highest BCUT2D eigenvalue weighted by Crippen LogP contribution is 2.35. The largest absolute Gasteiger partial charge is 0.484 e. The van der Waals surface area contributed by atoms with Crippen LogP contribution in [0.2, 0.25) is 0 Å². The van der Waals surface area contributed by atoms with Crippen molar-refractivity contribution in [2.45, 2.75) is 25.8 Å². The molecule has 5 nitrogen and oxygen atoms in total. The highest BCUT2D eigenvalue weighted by atomic mass is 32.1. The summed E-state index contributed by atoms with van der Waals surface area (Å²) in [6.45, 7) is 1.72. The monoisotopic (exact) mass is 424 g/mol. The van der Waals surface area contributed by atoms with Gasteiger partial charge in [-0.3, -0.25) is 9.59 Å². The molecule has 0 bridgehead atoms. The molecule has 0 spiro atoms. The van der Waals surface area contributed by atoms with Crippen LogP contribution in [0.3, 0.4) is 0 Å². The minimum absolute atomic E-state index is 0.0823. The minimum Gasteiger partial charge on any atom is -0.484 e. The SMILES string of the molecule is CCC(=O)c1ccc(OCC(=O)N2N=C(c3cccs3)C[C@@H]2c2cccs2)cc1. The number of carbonyl (C=O) groups excluding carboxylic acids is 2. The predicted octanol–water partition coefficient (Wildman–Crippen LogP) is 5.16. The third kappa shape index (κ3) is 4.31. The fourth-order valence-corrected chi connectivity index (χ4v) is 4.72. The van der Waals surface area contributed by atoms with Gasteiger partial charge in [0.2, 0.25) is 0 Å². The van der Waals surface area contributed by atoms with Crippen LogP contribution in [0.4, 0.5) is 0 Å². The molecule has 0 fully saturated rings. The summed E-state index contributed by atoms with van der Waals surface area (Å²) >= 11 is 3.25. The van der Waals surface area contributed by atoms with E-state index in [0.29, 0.717) is 24.2 Å². The zero-order chi connectivity index (χ0) is 20.2. The molecule has 2 aromatic heterocycles. The summed E-state index contributed by atoms with van der Waals surface area (Å²) in [4.78, 5) is 26.8. The van der Waals surface area contributed by atoms with Gasteiger partial charge in [0.05, 0.1) is 16.6 Å². The first kappa shape index (κ1) is 19.5. The van der Waals surface area contributed by atoms with E-state index in [4.69, 9.17) is 4.74 Å². The van der Waals surface area contributed by atoms with Crippen molar-refractivity contribution in [1.29, 1.82) is 0 Å². The number of Topliss-reactive ketones (excluding diaryl/α,β-unsaturated/α-hetero) is 1. The Hall–Kier alpha value is -2.77. The number of hydrazone groups is 1. The molecule has 1 aliphatic heterocycles. The molecular weight excluding hydrogens is 404 g/mol. The van der Waals surface area contributed by atoms with E-state index in [-0.39, 0.29) is 24.3 Å². The smallest absolute Gasteiger partial charge is 0.281 e. The van der Waals surface area contributed by atoms with Crippen molar-refractivity contribution in [3.63, 3.8) is 0 Å². The van der Waals surface area contributed by atoms with Gasteiger partial charge in [0, 0.05) is 23.3 Å². The summed E-state index contributed by atoms with van der Waals surface area (Å²) in [5, 5.41) is 10.2. The normalized spacial score (nSPS) is 16.0. The number of thiophene rings is 2. The van der Waals surface area contributed by atoms with Gasteiger partial charge in [0.15, 0.2) is 12.4 Å². The number of amides is 1. The third-order valence-corrected chi connectivity index (χ3v) is 6.60. The van der Waals surface area contributed by atoms with Crippen LogP contribution in [-0.4, -0.2) is 29.0 Å². The maximum atomic E-state index is 12.9. The quantitative estimate of drug-likeness (QED) is 0.492. The van der Waals surface area contributed by atoms with Crippen LogP contribution in [0.5, 0.6) is 5.75 Å². The fraction of sp³-hybridized carbons (Fsp3) is 0.227. The molecule has 1 aliphatic rings. The first-order valence-corrected chi connectivity index (χ1v) is 11.1. The molecule has 1 atom stereocenters. The van der Waals surface area contributed by atoms with Crippen LogP contribution in [0.15, 0.2) is 64.4 Å². The standard InChI is InChI=1S/C22H20N2O3S2/c1-2-19(25)15-7-9-16(10-8-15)27-14-22(26)24-18(21-6-4-12-29-21)13-17(23-24)20-5-3-11-28-20/h3-12,18H,2,13-14H2,1H3/t18-/m1/s1. The molecule has 7 heteroatoms. The van der Waals surface area contributed by atoms with E-state index in [9.17, 15) is 9.59 Å². The molecule has 29 heavy (non-hydrogen) atoms.